The molecule has 2 aromatic rings. The Kier molecular flexibility index (Phi) is 4.84. The number of benzene rings is 2. The average Bonchev–Trinajstić information content (AvgIpc) is 2.42. The van der Waals surface area contributed by atoms with Crippen molar-refractivity contribution in [3.8, 4) is 5.75 Å². The Hall–Kier alpha value is -1.32. The number of nitrogens with two attached hydrogens (primary N) is 1. The topological polar surface area (TPSA) is 35.2 Å². The Labute approximate surface area is 129 Å². The van der Waals surface area contributed by atoms with E-state index in [1.807, 2.05) is 6.07 Å². The van der Waals surface area contributed by atoms with Crippen molar-refractivity contribution in [3.05, 3.63) is 63.1 Å². The van der Waals surface area contributed by atoms with Gasteiger partial charge in [0.25, 0.3) is 0 Å². The summed E-state index contributed by atoms with van der Waals surface area (Å²) in [5.74, 6) is 0.900. The summed E-state index contributed by atoms with van der Waals surface area (Å²) in [6, 6.07) is 12.4. The molecule has 2 aromatic carbocycles. The predicted molar refractivity (Wildman–Crippen MR) is 87.2 cm³/mol. The zero-order valence-electron chi connectivity index (χ0n) is 12.1. The van der Waals surface area contributed by atoms with Crippen LogP contribution in [-0.4, -0.2) is 7.11 Å². The van der Waals surface area contributed by atoms with Gasteiger partial charge in [-0.1, -0.05) is 45.8 Å². The molecular weight excluding hydrogens is 314 g/mol. The van der Waals surface area contributed by atoms with Crippen LogP contribution >= 0.6 is 15.9 Å². The quantitative estimate of drug-likeness (QED) is 0.904. The number of hydrogen-bond donors (Lipinski definition) is 1. The van der Waals surface area contributed by atoms with Crippen LogP contribution in [0.2, 0.25) is 0 Å². The molecule has 20 heavy (non-hydrogen) atoms. The third-order valence-corrected chi connectivity index (χ3v) is 4.35. The minimum Gasteiger partial charge on any atom is -0.496 e. The lowest BCUT2D eigenvalue weighted by molar-refractivity contribution is 0.408. The van der Waals surface area contributed by atoms with Crippen LogP contribution in [0, 0.1) is 13.8 Å². The number of methoxy groups -OCH3 is 1. The van der Waals surface area contributed by atoms with Gasteiger partial charge < -0.3 is 10.5 Å². The smallest absolute Gasteiger partial charge is 0.122 e. The summed E-state index contributed by atoms with van der Waals surface area (Å²) >= 11 is 3.56. The molecule has 0 saturated heterocycles. The van der Waals surface area contributed by atoms with Crippen molar-refractivity contribution in [3.63, 3.8) is 0 Å². The molecule has 0 fully saturated rings. The lowest BCUT2D eigenvalue weighted by atomic mass is 9.97. The lowest BCUT2D eigenvalue weighted by Crippen LogP contribution is -2.14. The number of aryl methyl sites for hydroxylation is 2. The molecule has 106 valence electrons. The van der Waals surface area contributed by atoms with E-state index in [-0.39, 0.29) is 6.04 Å². The van der Waals surface area contributed by atoms with Crippen LogP contribution in [-0.2, 0) is 6.42 Å². The molecule has 0 saturated carbocycles. The zero-order valence-corrected chi connectivity index (χ0v) is 13.7. The Balaban J connectivity index is 2.24. The Morgan fingerprint density at radius 1 is 1.15 bits per heavy atom. The molecule has 3 heteroatoms. The molecule has 0 aliphatic rings. The Morgan fingerprint density at radius 2 is 1.90 bits per heavy atom. The highest BCUT2D eigenvalue weighted by Gasteiger charge is 2.12. The Morgan fingerprint density at radius 3 is 2.55 bits per heavy atom. The van der Waals surface area contributed by atoms with Gasteiger partial charge >= 0.3 is 0 Å². The molecular formula is C17H20BrNO. The number of ether oxygens (including phenoxy) is 1. The molecule has 1 atom stereocenters. The van der Waals surface area contributed by atoms with Crippen LogP contribution in [0.1, 0.15) is 28.3 Å². The highest BCUT2D eigenvalue weighted by Crippen LogP contribution is 2.27. The normalized spacial score (nSPS) is 12.2. The molecule has 0 spiro atoms. The third kappa shape index (κ3) is 3.41. The van der Waals surface area contributed by atoms with Crippen molar-refractivity contribution in [2.24, 2.45) is 5.73 Å². The second-order valence-corrected chi connectivity index (χ2v) is 5.99. The van der Waals surface area contributed by atoms with E-state index >= 15 is 0 Å². The Bertz CT molecular complexity index is 610. The minimum absolute atomic E-state index is 0.0393. The highest BCUT2D eigenvalue weighted by atomic mass is 79.9. The first-order chi connectivity index (χ1) is 9.51. The van der Waals surface area contributed by atoms with Gasteiger partial charge in [0.15, 0.2) is 0 Å². The fourth-order valence-electron chi connectivity index (χ4n) is 2.26. The van der Waals surface area contributed by atoms with Crippen LogP contribution in [0.15, 0.2) is 40.9 Å². The first kappa shape index (κ1) is 15.1. The highest BCUT2D eigenvalue weighted by molar-refractivity contribution is 9.10. The summed E-state index contributed by atoms with van der Waals surface area (Å²) in [4.78, 5) is 0. The maximum Gasteiger partial charge on any atom is 0.122 e. The number of hydrogen-bond acceptors (Lipinski definition) is 2. The van der Waals surface area contributed by atoms with E-state index in [0.717, 1.165) is 27.8 Å². The van der Waals surface area contributed by atoms with Gasteiger partial charge in [0.1, 0.15) is 5.75 Å². The van der Waals surface area contributed by atoms with Gasteiger partial charge in [-0.25, -0.2) is 0 Å². The molecule has 0 heterocycles. The summed E-state index contributed by atoms with van der Waals surface area (Å²) < 4.78 is 6.51. The number of rotatable bonds is 4. The molecule has 0 aliphatic carbocycles. The van der Waals surface area contributed by atoms with E-state index in [9.17, 15) is 0 Å². The van der Waals surface area contributed by atoms with Gasteiger partial charge in [0, 0.05) is 10.5 Å². The third-order valence-electron chi connectivity index (χ3n) is 3.50. The standard InChI is InChI=1S/C17H20BrNO/c1-11-4-7-17(20-3)14(8-11)10-16(19)13-6-5-12(2)15(18)9-13/h4-9,16H,10,19H2,1-3H3. The van der Waals surface area contributed by atoms with Crippen LogP contribution in [0.25, 0.3) is 0 Å². The molecule has 2 rings (SSSR count). The molecule has 0 amide bonds. The largest absolute Gasteiger partial charge is 0.496 e. The molecule has 0 aromatic heterocycles. The molecule has 0 aliphatic heterocycles. The van der Waals surface area contributed by atoms with Crippen molar-refractivity contribution < 1.29 is 4.74 Å². The molecule has 2 N–H and O–H groups in total. The van der Waals surface area contributed by atoms with Crippen LogP contribution in [0.5, 0.6) is 5.75 Å². The number of halogens is 1. The van der Waals surface area contributed by atoms with Crippen molar-refractivity contribution in [1.82, 2.24) is 0 Å². The first-order valence-electron chi connectivity index (χ1n) is 6.66. The molecule has 2 nitrogen and oxygen atoms in total. The fraction of sp³-hybridized carbons (Fsp3) is 0.294. The lowest BCUT2D eigenvalue weighted by Gasteiger charge is -2.16. The van der Waals surface area contributed by atoms with Crippen molar-refractivity contribution >= 4 is 15.9 Å². The van der Waals surface area contributed by atoms with Crippen molar-refractivity contribution in [2.45, 2.75) is 26.3 Å². The molecule has 0 bridgehead atoms. The SMILES string of the molecule is COc1ccc(C)cc1CC(N)c1ccc(C)c(Br)c1. The summed E-state index contributed by atoms with van der Waals surface area (Å²) in [6.45, 7) is 4.15. The van der Waals surface area contributed by atoms with E-state index < -0.39 is 0 Å². The summed E-state index contributed by atoms with van der Waals surface area (Å²) in [5.41, 5.74) is 11.1. The van der Waals surface area contributed by atoms with Crippen molar-refractivity contribution in [2.75, 3.05) is 7.11 Å². The van der Waals surface area contributed by atoms with E-state index in [4.69, 9.17) is 10.5 Å². The van der Waals surface area contributed by atoms with Gasteiger partial charge in [-0.15, -0.1) is 0 Å². The van der Waals surface area contributed by atoms with Crippen LogP contribution in [0.3, 0.4) is 0 Å². The summed E-state index contributed by atoms with van der Waals surface area (Å²) in [6.07, 6.45) is 0.764. The van der Waals surface area contributed by atoms with Gasteiger partial charge in [-0.05, 0) is 49.1 Å². The predicted octanol–water partition coefficient (Wildman–Crippen LogP) is 4.32. The zero-order chi connectivity index (χ0) is 14.7. The fourth-order valence-corrected chi connectivity index (χ4v) is 2.66. The van der Waals surface area contributed by atoms with Gasteiger partial charge in [-0.3, -0.25) is 0 Å². The second-order valence-electron chi connectivity index (χ2n) is 5.13. The van der Waals surface area contributed by atoms with E-state index in [1.54, 1.807) is 7.11 Å². The average molecular weight is 334 g/mol. The van der Waals surface area contributed by atoms with Gasteiger partial charge in [-0.2, -0.15) is 0 Å². The van der Waals surface area contributed by atoms with Gasteiger partial charge in [0.05, 0.1) is 7.11 Å². The molecule has 0 radical (unpaired) electrons. The monoisotopic (exact) mass is 333 g/mol. The minimum atomic E-state index is -0.0393. The van der Waals surface area contributed by atoms with Crippen LogP contribution in [0.4, 0.5) is 0 Å². The molecule has 1 unspecified atom stereocenters. The van der Waals surface area contributed by atoms with E-state index in [2.05, 4.69) is 60.1 Å². The van der Waals surface area contributed by atoms with Gasteiger partial charge in [0.2, 0.25) is 0 Å². The second kappa shape index (κ2) is 6.42. The summed E-state index contributed by atoms with van der Waals surface area (Å²) in [5, 5.41) is 0. The summed E-state index contributed by atoms with van der Waals surface area (Å²) in [7, 11) is 1.70. The maximum absolute atomic E-state index is 6.34. The van der Waals surface area contributed by atoms with Crippen molar-refractivity contribution in [1.29, 1.82) is 0 Å². The first-order valence-corrected chi connectivity index (χ1v) is 7.45. The maximum atomic E-state index is 6.34. The van der Waals surface area contributed by atoms with E-state index in [0.29, 0.717) is 0 Å². The van der Waals surface area contributed by atoms with E-state index in [1.165, 1.54) is 11.1 Å². The van der Waals surface area contributed by atoms with Crippen LogP contribution < -0.4 is 10.5 Å².